The van der Waals surface area contributed by atoms with E-state index in [4.69, 9.17) is 0 Å². The summed E-state index contributed by atoms with van der Waals surface area (Å²) < 4.78 is 40.5. The summed E-state index contributed by atoms with van der Waals surface area (Å²) in [6.07, 6.45) is 1.10. The average Bonchev–Trinajstić information content (AvgIpc) is 3.05. The molecule has 7 nitrogen and oxygen atoms in total. The fourth-order valence-corrected chi connectivity index (χ4v) is 5.35. The fourth-order valence-electron chi connectivity index (χ4n) is 2.41. The van der Waals surface area contributed by atoms with Crippen molar-refractivity contribution in [2.45, 2.75) is 37.6 Å². The minimum absolute atomic E-state index is 0.154. The number of amides is 1. The SMILES string of the molecule is CC[C@H](C(=O)Nc1nnc(SCC(C)C)s1)N(c1ccccc1F)S(C)(=O)=O. The van der Waals surface area contributed by atoms with Gasteiger partial charge in [-0.15, -0.1) is 10.2 Å². The van der Waals surface area contributed by atoms with Crippen LogP contribution in [0.5, 0.6) is 0 Å². The molecule has 0 aliphatic carbocycles. The molecule has 2 aromatic rings. The van der Waals surface area contributed by atoms with Crippen LogP contribution in [0.1, 0.15) is 27.2 Å². The lowest BCUT2D eigenvalue weighted by atomic mass is 10.2. The first kappa shape index (κ1) is 22.6. The van der Waals surface area contributed by atoms with Gasteiger partial charge in [0.05, 0.1) is 11.9 Å². The van der Waals surface area contributed by atoms with Crippen molar-refractivity contribution in [3.05, 3.63) is 30.1 Å². The highest BCUT2D eigenvalue weighted by molar-refractivity contribution is 8.01. The van der Waals surface area contributed by atoms with Crippen molar-refractivity contribution < 1.29 is 17.6 Å². The minimum atomic E-state index is -3.91. The summed E-state index contributed by atoms with van der Waals surface area (Å²) >= 11 is 2.75. The zero-order valence-electron chi connectivity index (χ0n) is 16.0. The van der Waals surface area contributed by atoms with Gasteiger partial charge in [-0.05, 0) is 24.5 Å². The summed E-state index contributed by atoms with van der Waals surface area (Å²) in [5, 5.41) is 10.8. The molecule has 0 radical (unpaired) electrons. The molecule has 0 aliphatic rings. The minimum Gasteiger partial charge on any atom is -0.299 e. The second-order valence-corrected chi connectivity index (χ2v) is 10.6. The average molecular weight is 447 g/mol. The Kier molecular flexibility index (Phi) is 7.79. The maximum atomic E-state index is 14.2. The lowest BCUT2D eigenvalue weighted by molar-refractivity contribution is -0.117. The Morgan fingerprint density at radius 3 is 2.57 bits per heavy atom. The molecule has 0 spiro atoms. The van der Waals surface area contributed by atoms with Gasteiger partial charge in [0, 0.05) is 5.75 Å². The molecule has 1 heterocycles. The van der Waals surface area contributed by atoms with Gasteiger partial charge in [-0.25, -0.2) is 12.8 Å². The number of sulfonamides is 1. The van der Waals surface area contributed by atoms with Crippen molar-refractivity contribution in [2.75, 3.05) is 21.6 Å². The molecule has 0 unspecified atom stereocenters. The standard InChI is InChI=1S/C17H23FN4O3S3/c1-5-13(22(28(4,24)25)14-9-7-6-8-12(14)18)15(23)19-16-20-21-17(27-16)26-10-11(2)3/h6-9,11,13H,5,10H2,1-4H3,(H,19,20,23)/t13-/m1/s1. The van der Waals surface area contributed by atoms with Crippen molar-refractivity contribution in [1.82, 2.24) is 10.2 Å². The third-order valence-corrected chi connectivity index (χ3v) is 7.16. The Bertz CT molecular complexity index is 918. The Hall–Kier alpha value is -1.72. The number of nitrogens with zero attached hydrogens (tertiary/aromatic N) is 3. The Morgan fingerprint density at radius 1 is 1.32 bits per heavy atom. The number of hydrogen-bond donors (Lipinski definition) is 1. The fraction of sp³-hybridized carbons (Fsp3) is 0.471. The van der Waals surface area contributed by atoms with Gasteiger partial charge in [0.2, 0.25) is 21.1 Å². The first-order valence-corrected chi connectivity index (χ1v) is 12.3. The molecular weight excluding hydrogens is 423 g/mol. The first-order valence-electron chi connectivity index (χ1n) is 8.64. The molecule has 1 aromatic heterocycles. The number of aromatic nitrogens is 2. The van der Waals surface area contributed by atoms with E-state index >= 15 is 0 Å². The molecule has 0 aliphatic heterocycles. The number of benzene rings is 1. The van der Waals surface area contributed by atoms with Gasteiger partial charge in [0.25, 0.3) is 0 Å². The molecule has 28 heavy (non-hydrogen) atoms. The lowest BCUT2D eigenvalue weighted by Gasteiger charge is -2.29. The summed E-state index contributed by atoms with van der Waals surface area (Å²) in [4.78, 5) is 12.8. The monoisotopic (exact) mass is 446 g/mol. The second kappa shape index (κ2) is 9.66. The van der Waals surface area contributed by atoms with Crippen LogP contribution in [-0.2, 0) is 14.8 Å². The maximum absolute atomic E-state index is 14.2. The summed E-state index contributed by atoms with van der Waals surface area (Å²) in [6.45, 7) is 5.84. The number of carbonyl (C=O) groups excluding carboxylic acids is 1. The van der Waals surface area contributed by atoms with Gasteiger partial charge >= 0.3 is 0 Å². The van der Waals surface area contributed by atoms with Crippen LogP contribution in [0.2, 0.25) is 0 Å². The van der Waals surface area contributed by atoms with Gasteiger partial charge < -0.3 is 0 Å². The van der Waals surface area contributed by atoms with Crippen LogP contribution >= 0.6 is 23.1 Å². The van der Waals surface area contributed by atoms with Crippen LogP contribution in [0.25, 0.3) is 0 Å². The van der Waals surface area contributed by atoms with Gasteiger partial charge in [-0.1, -0.05) is 56.0 Å². The van der Waals surface area contributed by atoms with Gasteiger partial charge in [0.1, 0.15) is 11.9 Å². The predicted molar refractivity (Wildman–Crippen MR) is 112 cm³/mol. The predicted octanol–water partition coefficient (Wildman–Crippen LogP) is 3.61. The molecule has 11 heteroatoms. The molecule has 0 fully saturated rings. The number of nitrogens with one attached hydrogen (secondary N) is 1. The largest absolute Gasteiger partial charge is 0.299 e. The number of rotatable bonds is 9. The molecule has 1 aromatic carbocycles. The smallest absolute Gasteiger partial charge is 0.250 e. The van der Waals surface area contributed by atoms with E-state index in [1.54, 1.807) is 6.92 Å². The number of para-hydroxylation sites is 1. The van der Waals surface area contributed by atoms with E-state index < -0.39 is 27.8 Å². The number of thioether (sulfide) groups is 1. The highest BCUT2D eigenvalue weighted by Crippen LogP contribution is 2.29. The van der Waals surface area contributed by atoms with Gasteiger partial charge in [0.15, 0.2) is 4.34 Å². The third-order valence-electron chi connectivity index (χ3n) is 3.60. The Morgan fingerprint density at radius 2 is 2.00 bits per heavy atom. The number of hydrogen-bond acceptors (Lipinski definition) is 7. The van der Waals surface area contributed by atoms with E-state index in [1.807, 2.05) is 0 Å². The summed E-state index contributed by atoms with van der Waals surface area (Å²) in [7, 11) is -3.91. The quantitative estimate of drug-likeness (QED) is 0.467. The third kappa shape index (κ3) is 5.89. The topological polar surface area (TPSA) is 92.3 Å². The molecule has 1 N–H and O–H groups in total. The second-order valence-electron chi connectivity index (χ2n) is 6.50. The number of halogens is 1. The number of carbonyl (C=O) groups is 1. The molecular formula is C17H23FN4O3S3. The van der Waals surface area contributed by atoms with Crippen LogP contribution in [-0.4, -0.2) is 42.6 Å². The van der Waals surface area contributed by atoms with Gasteiger partial charge in [-0.2, -0.15) is 0 Å². The highest BCUT2D eigenvalue weighted by atomic mass is 32.2. The zero-order chi connectivity index (χ0) is 20.9. The molecule has 1 amide bonds. The van der Waals surface area contributed by atoms with Crippen molar-refractivity contribution >= 4 is 49.8 Å². The van der Waals surface area contributed by atoms with Crippen LogP contribution in [0.3, 0.4) is 0 Å². The van der Waals surface area contributed by atoms with Crippen molar-refractivity contribution in [3.63, 3.8) is 0 Å². The number of anilines is 2. The van der Waals surface area contributed by atoms with Crippen LogP contribution < -0.4 is 9.62 Å². The van der Waals surface area contributed by atoms with E-state index in [2.05, 4.69) is 29.4 Å². The molecule has 2 rings (SSSR count). The lowest BCUT2D eigenvalue weighted by Crippen LogP contribution is -2.47. The molecule has 0 saturated carbocycles. The van der Waals surface area contributed by atoms with E-state index in [0.717, 1.165) is 22.4 Å². The zero-order valence-corrected chi connectivity index (χ0v) is 18.5. The summed E-state index contributed by atoms with van der Waals surface area (Å²) in [6, 6.07) is 4.34. The molecule has 1 atom stereocenters. The molecule has 0 bridgehead atoms. The van der Waals surface area contributed by atoms with Crippen LogP contribution in [0.4, 0.5) is 15.2 Å². The molecule has 0 saturated heterocycles. The Labute approximate surface area is 172 Å². The normalized spacial score (nSPS) is 12.8. The van der Waals surface area contributed by atoms with Crippen LogP contribution in [0, 0.1) is 11.7 Å². The maximum Gasteiger partial charge on any atom is 0.250 e. The van der Waals surface area contributed by atoms with Crippen LogP contribution in [0.15, 0.2) is 28.6 Å². The summed E-state index contributed by atoms with van der Waals surface area (Å²) in [5.74, 6) is 0.0469. The van der Waals surface area contributed by atoms with E-state index in [0.29, 0.717) is 10.3 Å². The van der Waals surface area contributed by atoms with E-state index in [1.165, 1.54) is 41.3 Å². The van der Waals surface area contributed by atoms with E-state index in [9.17, 15) is 17.6 Å². The van der Waals surface area contributed by atoms with Crippen molar-refractivity contribution in [2.24, 2.45) is 5.92 Å². The van der Waals surface area contributed by atoms with Crippen molar-refractivity contribution in [3.8, 4) is 0 Å². The highest BCUT2D eigenvalue weighted by Gasteiger charge is 2.33. The van der Waals surface area contributed by atoms with Crippen molar-refractivity contribution in [1.29, 1.82) is 0 Å². The molecule has 154 valence electrons. The first-order chi connectivity index (χ1) is 13.1. The van der Waals surface area contributed by atoms with Gasteiger partial charge in [-0.3, -0.25) is 14.4 Å². The Balaban J connectivity index is 2.24. The summed E-state index contributed by atoms with van der Waals surface area (Å²) in [5.41, 5.74) is -0.169. The van der Waals surface area contributed by atoms with E-state index in [-0.39, 0.29) is 17.2 Å².